The summed E-state index contributed by atoms with van der Waals surface area (Å²) < 4.78 is 38.2. The van der Waals surface area contributed by atoms with E-state index in [4.69, 9.17) is 9.47 Å². The molecule has 0 bridgehead atoms. The molecular formula is C27H34N2O7S2. The summed E-state index contributed by atoms with van der Waals surface area (Å²) in [7, 11) is -3.62. The summed E-state index contributed by atoms with van der Waals surface area (Å²) >= 11 is 0.976. The van der Waals surface area contributed by atoms with Crippen LogP contribution < -0.4 is 5.32 Å². The lowest BCUT2D eigenvalue weighted by Crippen LogP contribution is -2.35. The van der Waals surface area contributed by atoms with Crippen molar-refractivity contribution in [2.45, 2.75) is 76.2 Å². The zero-order valence-electron chi connectivity index (χ0n) is 21.8. The number of anilines is 1. The number of rotatable bonds is 8. The average Bonchev–Trinajstić information content (AvgIpc) is 3.25. The Bertz CT molecular complexity index is 1270. The van der Waals surface area contributed by atoms with Gasteiger partial charge in [-0.1, -0.05) is 12.8 Å². The second kappa shape index (κ2) is 12.4. The molecule has 2 heterocycles. The summed E-state index contributed by atoms with van der Waals surface area (Å²) in [6, 6.07) is 5.71. The lowest BCUT2D eigenvalue weighted by molar-refractivity contribution is 0.0216. The van der Waals surface area contributed by atoms with Crippen molar-refractivity contribution in [1.29, 1.82) is 0 Å². The Labute approximate surface area is 227 Å². The first-order valence-corrected chi connectivity index (χ1v) is 15.4. The Balaban J connectivity index is 1.54. The molecule has 1 N–H and O–H groups in total. The van der Waals surface area contributed by atoms with Crippen molar-refractivity contribution in [2.24, 2.45) is 0 Å². The molecule has 4 rings (SSSR count). The summed E-state index contributed by atoms with van der Waals surface area (Å²) in [6.45, 7) is 4.43. The second-order valence-electron chi connectivity index (χ2n) is 9.59. The molecular weight excluding hydrogens is 528 g/mol. The van der Waals surface area contributed by atoms with E-state index in [1.807, 2.05) is 0 Å². The Hall–Kier alpha value is -2.76. The van der Waals surface area contributed by atoms with Gasteiger partial charge in [-0.15, -0.1) is 11.3 Å². The number of thiophene rings is 1. The number of piperidine rings is 1. The van der Waals surface area contributed by atoms with Crippen LogP contribution in [0.1, 0.15) is 94.2 Å². The minimum absolute atomic E-state index is 0.116. The lowest BCUT2D eigenvalue weighted by atomic mass is 9.98. The van der Waals surface area contributed by atoms with Crippen molar-refractivity contribution in [3.05, 3.63) is 45.8 Å². The highest BCUT2D eigenvalue weighted by atomic mass is 32.2. The van der Waals surface area contributed by atoms with Crippen LogP contribution in [-0.2, 0) is 19.5 Å². The van der Waals surface area contributed by atoms with Gasteiger partial charge < -0.3 is 14.8 Å². The molecule has 1 saturated carbocycles. The highest BCUT2D eigenvalue weighted by Gasteiger charge is 2.30. The van der Waals surface area contributed by atoms with Gasteiger partial charge in [0.05, 0.1) is 17.1 Å². The molecule has 0 unspecified atom stereocenters. The topological polar surface area (TPSA) is 119 Å². The number of ether oxygens (including phenoxy) is 2. The number of nitrogens with one attached hydrogen (secondary N) is 1. The number of hydrogen-bond donors (Lipinski definition) is 1. The first-order chi connectivity index (χ1) is 18.2. The summed E-state index contributed by atoms with van der Waals surface area (Å²) in [4.78, 5) is 39.2. The van der Waals surface area contributed by atoms with Crippen LogP contribution in [0.5, 0.6) is 0 Å². The van der Waals surface area contributed by atoms with E-state index in [-0.39, 0.29) is 38.6 Å². The Kier molecular flexibility index (Phi) is 9.22. The molecule has 0 radical (unpaired) electrons. The van der Waals surface area contributed by atoms with Gasteiger partial charge in [0, 0.05) is 18.7 Å². The summed E-state index contributed by atoms with van der Waals surface area (Å²) in [5, 5.41) is 2.91. The molecule has 1 aliphatic heterocycles. The fourth-order valence-corrected chi connectivity index (χ4v) is 7.43. The van der Waals surface area contributed by atoms with Gasteiger partial charge in [0.15, 0.2) is 0 Å². The number of sulfonamides is 1. The average molecular weight is 563 g/mol. The maximum Gasteiger partial charge on any atom is 0.348 e. The Morgan fingerprint density at radius 3 is 2.24 bits per heavy atom. The monoisotopic (exact) mass is 562 g/mol. The zero-order chi connectivity index (χ0) is 27.3. The van der Waals surface area contributed by atoms with Crippen LogP contribution in [-0.4, -0.2) is 56.4 Å². The predicted octanol–water partition coefficient (Wildman–Crippen LogP) is 5.15. The summed E-state index contributed by atoms with van der Waals surface area (Å²) in [5.41, 5.74) is 0.729. The number of benzene rings is 1. The molecule has 2 fully saturated rings. The smallest absolute Gasteiger partial charge is 0.348 e. The first-order valence-electron chi connectivity index (χ1n) is 13.2. The molecule has 11 heteroatoms. The quantitative estimate of drug-likeness (QED) is 0.442. The standard InChI is InChI=1S/C27H34N2O7S2/c1-3-35-26(31)22-18(2)23(27(32)36-20-10-6-4-7-11-20)37-25(22)28-24(30)19-12-14-21(15-13-19)38(33,34)29-16-8-5-9-17-29/h12-15,20H,3-11,16-17H2,1-2H3,(H,28,30). The third-order valence-electron chi connectivity index (χ3n) is 6.93. The van der Waals surface area contributed by atoms with E-state index in [0.29, 0.717) is 18.7 Å². The number of hydrogen-bond acceptors (Lipinski definition) is 8. The molecule has 0 spiro atoms. The van der Waals surface area contributed by atoms with Crippen molar-refractivity contribution in [3.63, 3.8) is 0 Å². The van der Waals surface area contributed by atoms with E-state index < -0.39 is 27.9 Å². The predicted molar refractivity (Wildman–Crippen MR) is 144 cm³/mol. The zero-order valence-corrected chi connectivity index (χ0v) is 23.4. The van der Waals surface area contributed by atoms with Gasteiger partial charge in [0.2, 0.25) is 10.0 Å². The number of amides is 1. The maximum absolute atomic E-state index is 13.1. The van der Waals surface area contributed by atoms with Crippen LogP contribution in [0.3, 0.4) is 0 Å². The van der Waals surface area contributed by atoms with Gasteiger partial charge in [0.25, 0.3) is 5.91 Å². The number of carbonyl (C=O) groups excluding carboxylic acids is 3. The van der Waals surface area contributed by atoms with E-state index in [0.717, 1.165) is 62.7 Å². The van der Waals surface area contributed by atoms with Crippen LogP contribution in [0.15, 0.2) is 29.2 Å². The summed E-state index contributed by atoms with van der Waals surface area (Å²) in [5.74, 6) is -1.69. The molecule has 0 atom stereocenters. The minimum Gasteiger partial charge on any atom is -0.462 e. The molecule has 1 aliphatic carbocycles. The Morgan fingerprint density at radius 1 is 0.974 bits per heavy atom. The van der Waals surface area contributed by atoms with Gasteiger partial charge >= 0.3 is 11.9 Å². The summed E-state index contributed by atoms with van der Waals surface area (Å²) in [6.07, 6.45) is 7.30. The van der Waals surface area contributed by atoms with Crippen LogP contribution in [0.2, 0.25) is 0 Å². The van der Waals surface area contributed by atoms with E-state index in [9.17, 15) is 22.8 Å². The van der Waals surface area contributed by atoms with Gasteiger partial charge in [0.1, 0.15) is 16.0 Å². The van der Waals surface area contributed by atoms with Gasteiger partial charge in [-0.2, -0.15) is 4.31 Å². The van der Waals surface area contributed by atoms with E-state index in [1.54, 1.807) is 13.8 Å². The van der Waals surface area contributed by atoms with Crippen molar-refractivity contribution in [1.82, 2.24) is 4.31 Å². The van der Waals surface area contributed by atoms with E-state index in [2.05, 4.69) is 5.32 Å². The fraction of sp³-hybridized carbons (Fsp3) is 0.519. The molecule has 1 aromatic heterocycles. The van der Waals surface area contributed by atoms with Gasteiger partial charge in [-0.3, -0.25) is 4.79 Å². The second-order valence-corrected chi connectivity index (χ2v) is 12.5. The molecule has 2 aromatic rings. The minimum atomic E-state index is -3.62. The largest absolute Gasteiger partial charge is 0.462 e. The van der Waals surface area contributed by atoms with Crippen LogP contribution in [0.4, 0.5) is 5.00 Å². The highest BCUT2D eigenvalue weighted by Crippen LogP contribution is 2.35. The lowest BCUT2D eigenvalue weighted by Gasteiger charge is -2.25. The fourth-order valence-electron chi connectivity index (χ4n) is 4.84. The van der Waals surface area contributed by atoms with Crippen molar-refractivity contribution in [2.75, 3.05) is 25.0 Å². The number of carbonyl (C=O) groups is 3. The van der Waals surface area contributed by atoms with Crippen LogP contribution in [0.25, 0.3) is 0 Å². The Morgan fingerprint density at radius 2 is 1.61 bits per heavy atom. The van der Waals surface area contributed by atoms with Crippen LogP contribution in [0, 0.1) is 6.92 Å². The third-order valence-corrected chi connectivity index (χ3v) is 10.0. The van der Waals surface area contributed by atoms with Crippen molar-refractivity contribution >= 4 is 44.2 Å². The normalized spacial score (nSPS) is 17.1. The van der Waals surface area contributed by atoms with E-state index >= 15 is 0 Å². The van der Waals surface area contributed by atoms with Gasteiger partial charge in [-0.05, 0) is 82.2 Å². The van der Waals surface area contributed by atoms with E-state index in [1.165, 1.54) is 28.6 Å². The molecule has 38 heavy (non-hydrogen) atoms. The van der Waals surface area contributed by atoms with Gasteiger partial charge in [-0.25, -0.2) is 18.0 Å². The van der Waals surface area contributed by atoms with Crippen molar-refractivity contribution in [3.8, 4) is 0 Å². The third kappa shape index (κ3) is 6.27. The molecule has 1 aromatic carbocycles. The maximum atomic E-state index is 13.1. The number of esters is 2. The highest BCUT2D eigenvalue weighted by molar-refractivity contribution is 7.89. The molecule has 1 saturated heterocycles. The molecule has 1 amide bonds. The van der Waals surface area contributed by atoms with Crippen LogP contribution >= 0.6 is 11.3 Å². The molecule has 206 valence electrons. The number of nitrogens with zero attached hydrogens (tertiary/aromatic N) is 1. The molecule has 2 aliphatic rings. The first kappa shape index (κ1) is 28.3. The SMILES string of the molecule is CCOC(=O)c1c(NC(=O)c2ccc(S(=O)(=O)N3CCCCC3)cc2)sc(C(=O)OC2CCCCC2)c1C. The van der Waals surface area contributed by atoms with Crippen molar-refractivity contribution < 1.29 is 32.3 Å². The molecule has 9 nitrogen and oxygen atoms in total.